The molecule has 5 nitrogen and oxygen atoms in total. The third kappa shape index (κ3) is 4.38. The molecule has 0 unspecified atom stereocenters. The number of hydrogen-bond acceptors (Lipinski definition) is 4. The Balaban J connectivity index is 1.66. The highest BCUT2D eigenvalue weighted by Gasteiger charge is 2.22. The van der Waals surface area contributed by atoms with Gasteiger partial charge in [-0.25, -0.2) is 9.37 Å². The van der Waals surface area contributed by atoms with Crippen LogP contribution in [-0.4, -0.2) is 48.5 Å². The van der Waals surface area contributed by atoms with Crippen LogP contribution in [0.3, 0.4) is 0 Å². The summed E-state index contributed by atoms with van der Waals surface area (Å²) in [4.78, 5) is 21.5. The molecule has 0 saturated carbocycles. The van der Waals surface area contributed by atoms with Gasteiger partial charge in [0.25, 0.3) is 5.91 Å². The van der Waals surface area contributed by atoms with Gasteiger partial charge in [0.2, 0.25) is 0 Å². The quantitative estimate of drug-likeness (QED) is 0.892. The highest BCUT2D eigenvalue weighted by Crippen LogP contribution is 2.22. The number of halogens is 1. The lowest BCUT2D eigenvalue weighted by Gasteiger charge is -2.36. The summed E-state index contributed by atoms with van der Waals surface area (Å²) in [6.07, 6.45) is 2.22. The lowest BCUT2D eigenvalue weighted by molar-refractivity contribution is 0.102. The lowest BCUT2D eigenvalue weighted by atomic mass is 10.0. The van der Waals surface area contributed by atoms with Crippen molar-refractivity contribution in [3.63, 3.8) is 0 Å². The molecule has 0 bridgehead atoms. The third-order valence-electron chi connectivity index (χ3n) is 5.00. The van der Waals surface area contributed by atoms with Crippen LogP contribution in [-0.2, 0) is 0 Å². The van der Waals surface area contributed by atoms with Crippen molar-refractivity contribution in [2.24, 2.45) is 0 Å². The number of nitrogens with one attached hydrogen (secondary N) is 1. The van der Waals surface area contributed by atoms with E-state index in [4.69, 9.17) is 0 Å². The van der Waals surface area contributed by atoms with Gasteiger partial charge >= 0.3 is 0 Å². The maximum Gasteiger partial charge on any atom is 0.256 e. The number of carbonyl (C=O) groups excluding carboxylic acids is 1. The predicted molar refractivity (Wildman–Crippen MR) is 102 cm³/mol. The Labute approximate surface area is 153 Å². The fraction of sp³-hybridized carbons (Fsp3) is 0.400. The Hall–Kier alpha value is -2.47. The van der Waals surface area contributed by atoms with Crippen molar-refractivity contribution in [1.29, 1.82) is 0 Å². The average Bonchev–Trinajstić information content (AvgIpc) is 2.68. The molecule has 2 heterocycles. The van der Waals surface area contributed by atoms with Crippen LogP contribution in [0.2, 0.25) is 0 Å². The molecular formula is C20H25FN4O. The first kappa shape index (κ1) is 18.3. The summed E-state index contributed by atoms with van der Waals surface area (Å²) in [5.74, 6) is 0.678. The van der Waals surface area contributed by atoms with E-state index in [0.717, 1.165) is 38.3 Å². The summed E-state index contributed by atoms with van der Waals surface area (Å²) in [6, 6.07) is 11.5. The number of aromatic nitrogens is 1. The SMILES string of the molecule is CCN1CCC(N(C)c2cccc(NC(=O)c3ccc(F)cc3)n2)CC1. The van der Waals surface area contributed by atoms with Crippen molar-refractivity contribution in [2.75, 3.05) is 36.9 Å². The van der Waals surface area contributed by atoms with Crippen LogP contribution >= 0.6 is 0 Å². The zero-order valence-electron chi connectivity index (χ0n) is 15.3. The Morgan fingerprint density at radius 1 is 1.23 bits per heavy atom. The summed E-state index contributed by atoms with van der Waals surface area (Å²) >= 11 is 0. The second kappa shape index (κ2) is 8.27. The number of anilines is 2. The Morgan fingerprint density at radius 3 is 2.58 bits per heavy atom. The normalized spacial score (nSPS) is 15.7. The molecule has 1 amide bonds. The zero-order chi connectivity index (χ0) is 18.5. The van der Waals surface area contributed by atoms with Gasteiger partial charge in [-0.3, -0.25) is 4.79 Å². The molecule has 2 aromatic rings. The molecule has 0 atom stereocenters. The first-order chi connectivity index (χ1) is 12.6. The number of nitrogens with zero attached hydrogens (tertiary/aromatic N) is 3. The fourth-order valence-corrected chi connectivity index (χ4v) is 3.29. The zero-order valence-corrected chi connectivity index (χ0v) is 15.3. The van der Waals surface area contributed by atoms with Crippen LogP contribution in [0.1, 0.15) is 30.1 Å². The van der Waals surface area contributed by atoms with Gasteiger partial charge in [-0.1, -0.05) is 13.0 Å². The Kier molecular flexibility index (Phi) is 5.83. The molecule has 26 heavy (non-hydrogen) atoms. The van der Waals surface area contributed by atoms with E-state index in [1.165, 1.54) is 24.3 Å². The van der Waals surface area contributed by atoms with Crippen molar-refractivity contribution in [2.45, 2.75) is 25.8 Å². The van der Waals surface area contributed by atoms with Crippen LogP contribution in [0.5, 0.6) is 0 Å². The summed E-state index contributed by atoms with van der Waals surface area (Å²) in [5, 5.41) is 2.78. The number of likely N-dealkylation sites (tertiary alicyclic amines) is 1. The molecule has 3 rings (SSSR count). The van der Waals surface area contributed by atoms with Gasteiger partial charge in [0.1, 0.15) is 17.5 Å². The van der Waals surface area contributed by atoms with E-state index in [1.54, 1.807) is 6.07 Å². The van der Waals surface area contributed by atoms with Crippen LogP contribution in [0.25, 0.3) is 0 Å². The van der Waals surface area contributed by atoms with Gasteiger partial charge in [0.15, 0.2) is 0 Å². The number of benzene rings is 1. The van der Waals surface area contributed by atoms with Crippen molar-refractivity contribution >= 4 is 17.5 Å². The predicted octanol–water partition coefficient (Wildman–Crippen LogP) is 3.39. The molecule has 1 aromatic heterocycles. The van der Waals surface area contributed by atoms with E-state index in [1.807, 2.05) is 12.1 Å². The maximum absolute atomic E-state index is 13.0. The van der Waals surface area contributed by atoms with E-state index >= 15 is 0 Å². The van der Waals surface area contributed by atoms with Gasteiger partial charge in [-0.05, 0) is 55.8 Å². The van der Waals surface area contributed by atoms with E-state index < -0.39 is 0 Å². The molecule has 0 aliphatic carbocycles. The van der Waals surface area contributed by atoms with Crippen LogP contribution < -0.4 is 10.2 Å². The van der Waals surface area contributed by atoms with Gasteiger partial charge in [0, 0.05) is 31.7 Å². The number of hydrogen-bond donors (Lipinski definition) is 1. The number of piperidine rings is 1. The van der Waals surface area contributed by atoms with Gasteiger partial charge in [-0.2, -0.15) is 0 Å². The number of pyridine rings is 1. The summed E-state index contributed by atoms with van der Waals surface area (Å²) in [5.41, 5.74) is 0.402. The Bertz CT molecular complexity index is 742. The minimum Gasteiger partial charge on any atom is -0.357 e. The van der Waals surface area contributed by atoms with Crippen molar-refractivity contribution in [1.82, 2.24) is 9.88 Å². The highest BCUT2D eigenvalue weighted by atomic mass is 19.1. The van der Waals surface area contributed by atoms with E-state index in [-0.39, 0.29) is 11.7 Å². The lowest BCUT2D eigenvalue weighted by Crippen LogP contribution is -2.43. The van der Waals surface area contributed by atoms with Crippen molar-refractivity contribution in [3.05, 3.63) is 53.8 Å². The number of carbonyl (C=O) groups is 1. The molecule has 6 heteroatoms. The van der Waals surface area contributed by atoms with Crippen molar-refractivity contribution < 1.29 is 9.18 Å². The minimum atomic E-state index is -0.364. The maximum atomic E-state index is 13.0. The standard InChI is InChI=1S/C20H25FN4O/c1-3-25-13-11-17(12-14-25)24(2)19-6-4-5-18(22-19)23-20(26)15-7-9-16(21)10-8-15/h4-10,17H,3,11-14H2,1-2H3,(H,22,23,26). The second-order valence-electron chi connectivity index (χ2n) is 6.62. The van der Waals surface area contributed by atoms with E-state index in [2.05, 4.69) is 34.1 Å². The highest BCUT2D eigenvalue weighted by molar-refractivity contribution is 6.03. The molecular weight excluding hydrogens is 331 g/mol. The molecule has 0 radical (unpaired) electrons. The summed E-state index contributed by atoms with van der Waals surface area (Å²) in [7, 11) is 2.06. The van der Waals surface area contributed by atoms with E-state index in [9.17, 15) is 9.18 Å². The van der Waals surface area contributed by atoms with Crippen LogP contribution in [0.4, 0.5) is 16.0 Å². The van der Waals surface area contributed by atoms with Crippen molar-refractivity contribution in [3.8, 4) is 0 Å². The van der Waals surface area contributed by atoms with Gasteiger partial charge in [0.05, 0.1) is 0 Å². The van der Waals surface area contributed by atoms with Gasteiger partial charge < -0.3 is 15.1 Å². The minimum absolute atomic E-state index is 0.298. The average molecular weight is 356 g/mol. The molecule has 0 spiro atoms. The second-order valence-corrected chi connectivity index (χ2v) is 6.62. The largest absolute Gasteiger partial charge is 0.357 e. The smallest absolute Gasteiger partial charge is 0.256 e. The van der Waals surface area contributed by atoms with Crippen LogP contribution in [0, 0.1) is 5.82 Å². The summed E-state index contributed by atoms with van der Waals surface area (Å²) < 4.78 is 13.0. The van der Waals surface area contributed by atoms with Crippen LogP contribution in [0.15, 0.2) is 42.5 Å². The molecule has 1 aliphatic heterocycles. The monoisotopic (exact) mass is 356 g/mol. The Morgan fingerprint density at radius 2 is 1.92 bits per heavy atom. The number of rotatable bonds is 5. The third-order valence-corrected chi connectivity index (χ3v) is 5.00. The first-order valence-electron chi connectivity index (χ1n) is 9.06. The summed E-state index contributed by atoms with van der Waals surface area (Å²) in [6.45, 7) is 5.50. The molecule has 138 valence electrons. The molecule has 1 N–H and O–H groups in total. The van der Waals surface area contributed by atoms with Gasteiger partial charge in [-0.15, -0.1) is 0 Å². The topological polar surface area (TPSA) is 48.5 Å². The molecule has 1 aromatic carbocycles. The first-order valence-corrected chi connectivity index (χ1v) is 9.06. The van der Waals surface area contributed by atoms with E-state index in [0.29, 0.717) is 17.4 Å². The molecule has 1 fully saturated rings. The number of amides is 1. The molecule has 1 saturated heterocycles. The molecule has 1 aliphatic rings. The fourth-order valence-electron chi connectivity index (χ4n) is 3.29.